The van der Waals surface area contributed by atoms with Gasteiger partial charge in [-0.05, 0) is 48.9 Å². The third-order valence-electron chi connectivity index (χ3n) is 3.54. The van der Waals surface area contributed by atoms with Crippen LogP contribution in [0.5, 0.6) is 0 Å². The molecule has 1 nitrogen and oxygen atoms in total. The molecule has 112 valence electrons. The summed E-state index contributed by atoms with van der Waals surface area (Å²) >= 11 is 8.13. The van der Waals surface area contributed by atoms with Crippen molar-refractivity contribution in [2.24, 2.45) is 0 Å². The second-order valence-electron chi connectivity index (χ2n) is 5.04. The van der Waals surface area contributed by atoms with Crippen LogP contribution in [-0.4, -0.2) is 12.8 Å². The van der Waals surface area contributed by atoms with E-state index in [0.717, 1.165) is 24.4 Å². The Morgan fingerprint density at radius 3 is 2.52 bits per heavy atom. The first kappa shape index (κ1) is 16.4. The van der Waals surface area contributed by atoms with Crippen LogP contribution in [0, 0.1) is 0 Å². The smallest absolute Gasteiger partial charge is 0.0438 e. The van der Waals surface area contributed by atoms with Crippen molar-refractivity contribution in [1.82, 2.24) is 5.32 Å². The molecular formula is C18H22ClNS. The zero-order valence-corrected chi connectivity index (χ0v) is 14.2. The first-order chi connectivity index (χ1) is 10.3. The van der Waals surface area contributed by atoms with E-state index in [1.54, 1.807) is 11.8 Å². The Morgan fingerprint density at radius 2 is 1.81 bits per heavy atom. The maximum Gasteiger partial charge on any atom is 0.0438 e. The Balaban J connectivity index is 2.28. The van der Waals surface area contributed by atoms with Gasteiger partial charge in [0.05, 0.1) is 0 Å². The lowest BCUT2D eigenvalue weighted by Crippen LogP contribution is -2.24. The number of hydrogen-bond donors (Lipinski definition) is 1. The van der Waals surface area contributed by atoms with E-state index in [9.17, 15) is 0 Å². The molecule has 0 aliphatic heterocycles. The van der Waals surface area contributed by atoms with Gasteiger partial charge in [-0.3, -0.25) is 0 Å². The van der Waals surface area contributed by atoms with E-state index in [1.807, 2.05) is 12.1 Å². The Hall–Kier alpha value is -0.960. The zero-order valence-electron chi connectivity index (χ0n) is 12.6. The minimum atomic E-state index is 0.300. The zero-order chi connectivity index (χ0) is 15.1. The van der Waals surface area contributed by atoms with E-state index in [1.165, 1.54) is 16.0 Å². The molecule has 0 aliphatic carbocycles. The van der Waals surface area contributed by atoms with Gasteiger partial charge in [0.15, 0.2) is 0 Å². The molecule has 0 aromatic heterocycles. The number of nitrogens with one attached hydrogen (secondary N) is 1. The molecule has 0 saturated carbocycles. The minimum absolute atomic E-state index is 0.300. The predicted octanol–water partition coefficient (Wildman–Crippen LogP) is 5.35. The van der Waals surface area contributed by atoms with Crippen molar-refractivity contribution in [1.29, 1.82) is 0 Å². The highest BCUT2D eigenvalue weighted by Crippen LogP contribution is 2.29. The Labute approximate surface area is 137 Å². The highest BCUT2D eigenvalue weighted by atomic mass is 35.5. The largest absolute Gasteiger partial charge is 0.310 e. The van der Waals surface area contributed by atoms with Gasteiger partial charge >= 0.3 is 0 Å². The minimum Gasteiger partial charge on any atom is -0.310 e. The molecule has 21 heavy (non-hydrogen) atoms. The van der Waals surface area contributed by atoms with Crippen molar-refractivity contribution in [3.8, 4) is 0 Å². The van der Waals surface area contributed by atoms with Crippen molar-refractivity contribution >= 4 is 23.4 Å². The maximum atomic E-state index is 6.33. The lowest BCUT2D eigenvalue weighted by atomic mass is 9.98. The molecule has 0 aliphatic rings. The lowest BCUT2D eigenvalue weighted by Gasteiger charge is -2.22. The Kier molecular flexibility index (Phi) is 6.62. The third-order valence-corrected chi connectivity index (χ3v) is 4.72. The lowest BCUT2D eigenvalue weighted by molar-refractivity contribution is 0.523. The van der Waals surface area contributed by atoms with Gasteiger partial charge in [0.2, 0.25) is 0 Å². The molecule has 2 aromatic carbocycles. The predicted molar refractivity (Wildman–Crippen MR) is 94.4 cm³/mol. The monoisotopic (exact) mass is 319 g/mol. The molecular weight excluding hydrogens is 298 g/mol. The van der Waals surface area contributed by atoms with Crippen LogP contribution < -0.4 is 5.32 Å². The van der Waals surface area contributed by atoms with E-state index >= 15 is 0 Å². The second-order valence-corrected chi connectivity index (χ2v) is 6.30. The highest BCUT2D eigenvalue weighted by molar-refractivity contribution is 7.98. The highest BCUT2D eigenvalue weighted by Gasteiger charge is 2.16. The number of halogens is 1. The number of rotatable bonds is 7. The summed E-state index contributed by atoms with van der Waals surface area (Å²) in [5.41, 5.74) is 2.56. The van der Waals surface area contributed by atoms with E-state index in [2.05, 4.69) is 54.9 Å². The summed E-state index contributed by atoms with van der Waals surface area (Å²) in [6.45, 7) is 3.21. The summed E-state index contributed by atoms with van der Waals surface area (Å²) in [5.74, 6) is 0. The van der Waals surface area contributed by atoms with Crippen molar-refractivity contribution in [2.75, 3.05) is 12.8 Å². The fourth-order valence-corrected chi connectivity index (χ4v) is 3.32. The van der Waals surface area contributed by atoms with Gasteiger partial charge in [0, 0.05) is 16.0 Å². The van der Waals surface area contributed by atoms with Gasteiger partial charge in [0.25, 0.3) is 0 Å². The number of thioether (sulfide) groups is 1. The van der Waals surface area contributed by atoms with Crippen LogP contribution in [0.3, 0.4) is 0 Å². The Bertz CT molecular complexity index is 571. The van der Waals surface area contributed by atoms with Crippen LogP contribution in [0.25, 0.3) is 0 Å². The van der Waals surface area contributed by atoms with Crippen LogP contribution >= 0.6 is 23.4 Å². The molecule has 1 atom stereocenters. The van der Waals surface area contributed by atoms with Gasteiger partial charge in [0.1, 0.15) is 0 Å². The summed E-state index contributed by atoms with van der Waals surface area (Å²) in [6.07, 6.45) is 4.17. The van der Waals surface area contributed by atoms with E-state index < -0.39 is 0 Å². The van der Waals surface area contributed by atoms with Crippen molar-refractivity contribution < 1.29 is 0 Å². The summed E-state index contributed by atoms with van der Waals surface area (Å²) in [4.78, 5) is 1.33. The normalized spacial score (nSPS) is 12.3. The molecule has 0 fully saturated rings. The summed E-state index contributed by atoms with van der Waals surface area (Å²) < 4.78 is 0. The number of benzene rings is 2. The average molecular weight is 320 g/mol. The van der Waals surface area contributed by atoms with Crippen molar-refractivity contribution in [3.63, 3.8) is 0 Å². The van der Waals surface area contributed by atoms with E-state index in [4.69, 9.17) is 11.6 Å². The molecule has 0 saturated heterocycles. The molecule has 0 spiro atoms. The first-order valence-corrected chi connectivity index (χ1v) is 8.96. The molecule has 2 aromatic rings. The first-order valence-electron chi connectivity index (χ1n) is 7.36. The van der Waals surface area contributed by atoms with Gasteiger partial charge < -0.3 is 5.32 Å². The standard InChI is InChI=1S/C18H22ClNS/c1-3-12-20-17(13-14-8-4-6-10-16(14)19)15-9-5-7-11-18(15)21-2/h4-11,17,20H,3,12-13H2,1-2H3. The summed E-state index contributed by atoms with van der Waals surface area (Å²) in [7, 11) is 0. The molecule has 0 bridgehead atoms. The van der Waals surface area contributed by atoms with Crippen molar-refractivity contribution in [3.05, 3.63) is 64.7 Å². The maximum absolute atomic E-state index is 6.33. The van der Waals surface area contributed by atoms with Crippen LogP contribution in [0.1, 0.15) is 30.5 Å². The van der Waals surface area contributed by atoms with E-state index in [0.29, 0.717) is 6.04 Å². The topological polar surface area (TPSA) is 12.0 Å². The summed E-state index contributed by atoms with van der Waals surface area (Å²) in [6, 6.07) is 17.0. The summed E-state index contributed by atoms with van der Waals surface area (Å²) in [5, 5.41) is 4.51. The molecule has 2 rings (SSSR count). The average Bonchev–Trinajstić information content (AvgIpc) is 2.53. The molecule has 0 heterocycles. The van der Waals surface area contributed by atoms with Crippen molar-refractivity contribution in [2.45, 2.75) is 30.7 Å². The molecule has 0 amide bonds. The van der Waals surface area contributed by atoms with Crippen LogP contribution in [0.15, 0.2) is 53.4 Å². The fraction of sp³-hybridized carbons (Fsp3) is 0.333. The van der Waals surface area contributed by atoms with Gasteiger partial charge in [-0.1, -0.05) is 54.9 Å². The van der Waals surface area contributed by atoms with Gasteiger partial charge in [-0.25, -0.2) is 0 Å². The Morgan fingerprint density at radius 1 is 1.10 bits per heavy atom. The molecule has 3 heteroatoms. The molecule has 1 N–H and O–H groups in total. The van der Waals surface area contributed by atoms with Crippen LogP contribution in [0.2, 0.25) is 5.02 Å². The fourth-order valence-electron chi connectivity index (χ4n) is 2.45. The van der Waals surface area contributed by atoms with Gasteiger partial charge in [-0.2, -0.15) is 0 Å². The third kappa shape index (κ3) is 4.50. The SMILES string of the molecule is CCCNC(Cc1ccccc1Cl)c1ccccc1SC. The second kappa shape index (κ2) is 8.47. The van der Waals surface area contributed by atoms with E-state index in [-0.39, 0.29) is 0 Å². The van der Waals surface area contributed by atoms with Crippen LogP contribution in [0.4, 0.5) is 0 Å². The quantitative estimate of drug-likeness (QED) is 0.691. The van der Waals surface area contributed by atoms with Gasteiger partial charge in [-0.15, -0.1) is 11.8 Å². The molecule has 0 radical (unpaired) electrons. The molecule has 1 unspecified atom stereocenters. The number of hydrogen-bond acceptors (Lipinski definition) is 2. The van der Waals surface area contributed by atoms with Crippen LogP contribution in [-0.2, 0) is 6.42 Å².